The van der Waals surface area contributed by atoms with Gasteiger partial charge in [-0.3, -0.25) is 0 Å². The van der Waals surface area contributed by atoms with E-state index in [1.165, 1.54) is 0 Å². The molecule has 6 heteroatoms. The van der Waals surface area contributed by atoms with Gasteiger partial charge < -0.3 is 19.6 Å². The summed E-state index contributed by atoms with van der Waals surface area (Å²) >= 11 is 0. The molecule has 1 heterocycles. The van der Waals surface area contributed by atoms with Gasteiger partial charge in [-0.2, -0.15) is 0 Å². The van der Waals surface area contributed by atoms with Crippen molar-refractivity contribution < 1.29 is 19.4 Å². The third-order valence-electron chi connectivity index (χ3n) is 4.47. The maximum absolute atomic E-state index is 11.5. The van der Waals surface area contributed by atoms with Crippen molar-refractivity contribution in [1.82, 2.24) is 9.97 Å². The molecule has 3 rings (SSSR count). The second kappa shape index (κ2) is 6.04. The fraction of sp³-hybridized carbons (Fsp3) is 0.412. The molecule has 0 spiro atoms. The van der Waals surface area contributed by atoms with Gasteiger partial charge >= 0.3 is 5.97 Å². The molecule has 23 heavy (non-hydrogen) atoms. The Morgan fingerprint density at radius 3 is 2.83 bits per heavy atom. The molecule has 1 aromatic heterocycles. The van der Waals surface area contributed by atoms with Crippen LogP contribution in [0.15, 0.2) is 24.8 Å². The summed E-state index contributed by atoms with van der Waals surface area (Å²) in [6.07, 6.45) is 5.11. The molecule has 0 saturated heterocycles. The van der Waals surface area contributed by atoms with Crippen molar-refractivity contribution in [2.45, 2.75) is 24.7 Å². The fourth-order valence-corrected chi connectivity index (χ4v) is 2.89. The number of rotatable bonds is 7. The molecule has 2 N–H and O–H groups in total. The van der Waals surface area contributed by atoms with E-state index in [9.17, 15) is 9.90 Å². The number of aromatic carboxylic acids is 1. The van der Waals surface area contributed by atoms with Gasteiger partial charge in [0.25, 0.3) is 0 Å². The molecule has 0 atom stereocenters. The number of allylic oxidation sites excluding steroid dienone is 1. The Labute approximate surface area is 134 Å². The average Bonchev–Trinajstić information content (AvgIpc) is 2.89. The number of fused-ring (bicyclic) bond motifs is 1. The maximum Gasteiger partial charge on any atom is 0.339 e. The van der Waals surface area contributed by atoms with Crippen LogP contribution in [0.25, 0.3) is 11.0 Å². The number of carboxylic acid groups (broad SMARTS) is 1. The van der Waals surface area contributed by atoms with Crippen LogP contribution >= 0.6 is 0 Å². The van der Waals surface area contributed by atoms with Crippen molar-refractivity contribution in [2.75, 3.05) is 20.3 Å². The lowest BCUT2D eigenvalue weighted by atomic mass is 9.68. The molecule has 1 aliphatic rings. The normalized spacial score (nSPS) is 16.0. The third-order valence-corrected chi connectivity index (χ3v) is 4.47. The summed E-state index contributed by atoms with van der Waals surface area (Å²) in [7, 11) is 1.57. The van der Waals surface area contributed by atoms with Crippen LogP contribution in [0.4, 0.5) is 0 Å². The van der Waals surface area contributed by atoms with E-state index in [0.717, 1.165) is 25.1 Å². The van der Waals surface area contributed by atoms with E-state index in [1.807, 2.05) is 6.08 Å². The Bertz CT molecular complexity index is 746. The summed E-state index contributed by atoms with van der Waals surface area (Å²) in [6, 6.07) is 3.25. The van der Waals surface area contributed by atoms with Crippen LogP contribution in [0.3, 0.4) is 0 Å². The van der Waals surface area contributed by atoms with Crippen molar-refractivity contribution in [3.8, 4) is 5.75 Å². The number of nitrogens with zero attached hydrogens (tertiary/aromatic N) is 1. The van der Waals surface area contributed by atoms with Gasteiger partial charge in [0, 0.05) is 18.6 Å². The number of carboxylic acids is 1. The number of carbonyl (C=O) groups is 1. The van der Waals surface area contributed by atoms with E-state index in [4.69, 9.17) is 9.47 Å². The lowest BCUT2D eigenvalue weighted by Gasteiger charge is -2.37. The smallest absolute Gasteiger partial charge is 0.339 e. The Balaban J connectivity index is 2.01. The van der Waals surface area contributed by atoms with Gasteiger partial charge in [0.2, 0.25) is 0 Å². The number of ether oxygens (including phenoxy) is 2. The van der Waals surface area contributed by atoms with Crippen LogP contribution in [0.5, 0.6) is 5.75 Å². The second-order valence-corrected chi connectivity index (χ2v) is 5.81. The molecule has 122 valence electrons. The lowest BCUT2D eigenvalue weighted by molar-refractivity contribution is 0.0690. The molecule has 1 aromatic carbocycles. The Kier molecular flexibility index (Phi) is 4.09. The highest BCUT2D eigenvalue weighted by Gasteiger charge is 2.38. The number of hydrogen-bond acceptors (Lipinski definition) is 4. The van der Waals surface area contributed by atoms with Crippen LogP contribution in [-0.2, 0) is 10.2 Å². The largest absolute Gasteiger partial charge is 0.490 e. The molecule has 0 aliphatic heterocycles. The Hall–Kier alpha value is -2.34. The number of nitrogens with one attached hydrogen (secondary N) is 1. The van der Waals surface area contributed by atoms with E-state index in [2.05, 4.69) is 16.5 Å². The van der Waals surface area contributed by atoms with Crippen LogP contribution in [0.2, 0.25) is 0 Å². The third kappa shape index (κ3) is 2.70. The summed E-state index contributed by atoms with van der Waals surface area (Å²) in [5.74, 6) is 0.123. The van der Waals surface area contributed by atoms with Gasteiger partial charge in [-0.1, -0.05) is 12.5 Å². The standard InChI is InChI=1S/C17H20N2O4/c1-3-17(5-4-6-17)16-18-12-9-11(15(20)21)14(10-13(12)19-16)23-8-7-22-2/h3,9-10H,1,4-8H2,2H3,(H,18,19)(H,20,21). The first-order valence-corrected chi connectivity index (χ1v) is 7.62. The van der Waals surface area contributed by atoms with Gasteiger partial charge in [-0.05, 0) is 18.9 Å². The maximum atomic E-state index is 11.5. The summed E-state index contributed by atoms with van der Waals surface area (Å²) in [4.78, 5) is 19.4. The molecular weight excluding hydrogens is 296 g/mol. The fourth-order valence-electron chi connectivity index (χ4n) is 2.89. The lowest BCUT2D eigenvalue weighted by Crippen LogP contribution is -2.32. The van der Waals surface area contributed by atoms with Gasteiger partial charge in [0.15, 0.2) is 0 Å². The highest BCUT2D eigenvalue weighted by molar-refractivity contribution is 5.96. The number of aromatic nitrogens is 2. The van der Waals surface area contributed by atoms with Crippen LogP contribution in [-0.4, -0.2) is 41.4 Å². The average molecular weight is 316 g/mol. The molecule has 0 amide bonds. The summed E-state index contributed by atoms with van der Waals surface area (Å²) < 4.78 is 10.5. The van der Waals surface area contributed by atoms with E-state index >= 15 is 0 Å². The number of H-pyrrole nitrogens is 1. The van der Waals surface area contributed by atoms with Gasteiger partial charge in [0.05, 0.1) is 17.6 Å². The van der Waals surface area contributed by atoms with E-state index in [1.54, 1.807) is 19.2 Å². The Morgan fingerprint density at radius 2 is 2.26 bits per heavy atom. The van der Waals surface area contributed by atoms with Crippen molar-refractivity contribution in [1.29, 1.82) is 0 Å². The first-order chi connectivity index (χ1) is 11.1. The first kappa shape index (κ1) is 15.6. The van der Waals surface area contributed by atoms with Crippen molar-refractivity contribution >= 4 is 17.0 Å². The van der Waals surface area contributed by atoms with Crippen LogP contribution in [0.1, 0.15) is 35.4 Å². The first-order valence-electron chi connectivity index (χ1n) is 7.62. The number of hydrogen-bond donors (Lipinski definition) is 2. The quantitative estimate of drug-likeness (QED) is 0.606. The molecule has 0 unspecified atom stereocenters. The highest BCUT2D eigenvalue weighted by atomic mass is 16.5. The molecule has 0 bridgehead atoms. The zero-order valence-electron chi connectivity index (χ0n) is 13.1. The van der Waals surface area contributed by atoms with Crippen molar-refractivity contribution in [2.24, 2.45) is 0 Å². The molecular formula is C17H20N2O4. The minimum absolute atomic E-state index is 0.112. The van der Waals surface area contributed by atoms with Gasteiger partial charge in [0.1, 0.15) is 23.7 Å². The second-order valence-electron chi connectivity index (χ2n) is 5.81. The number of imidazole rings is 1. The molecule has 1 saturated carbocycles. The highest BCUT2D eigenvalue weighted by Crippen LogP contribution is 2.44. The molecule has 1 aliphatic carbocycles. The molecule has 2 aromatic rings. The number of methoxy groups -OCH3 is 1. The van der Waals surface area contributed by atoms with E-state index in [-0.39, 0.29) is 17.6 Å². The molecule has 1 fully saturated rings. The van der Waals surface area contributed by atoms with Crippen molar-refractivity contribution in [3.05, 3.63) is 36.2 Å². The monoisotopic (exact) mass is 316 g/mol. The van der Waals surface area contributed by atoms with Crippen LogP contribution < -0.4 is 4.74 Å². The summed E-state index contributed by atoms with van der Waals surface area (Å²) in [6.45, 7) is 4.60. The van der Waals surface area contributed by atoms with Gasteiger partial charge in [-0.25, -0.2) is 9.78 Å². The predicted molar refractivity (Wildman–Crippen MR) is 86.2 cm³/mol. The van der Waals surface area contributed by atoms with Crippen LogP contribution in [0, 0.1) is 0 Å². The zero-order valence-corrected chi connectivity index (χ0v) is 13.1. The number of aromatic amines is 1. The van der Waals surface area contributed by atoms with E-state index in [0.29, 0.717) is 23.4 Å². The minimum Gasteiger partial charge on any atom is -0.490 e. The minimum atomic E-state index is -1.03. The summed E-state index contributed by atoms with van der Waals surface area (Å²) in [5, 5.41) is 9.39. The summed E-state index contributed by atoms with van der Waals surface area (Å²) in [5.41, 5.74) is 1.40. The van der Waals surface area contributed by atoms with E-state index < -0.39 is 5.97 Å². The number of benzene rings is 1. The molecule has 6 nitrogen and oxygen atoms in total. The molecule has 0 radical (unpaired) electrons. The zero-order chi connectivity index (χ0) is 16.4. The Morgan fingerprint density at radius 1 is 1.48 bits per heavy atom. The van der Waals surface area contributed by atoms with Crippen molar-refractivity contribution in [3.63, 3.8) is 0 Å². The SMILES string of the molecule is C=CC1(c2nc3cc(OCCOC)c(C(=O)O)cc3[nH]2)CCC1. The topological polar surface area (TPSA) is 84.4 Å². The van der Waals surface area contributed by atoms with Gasteiger partial charge in [-0.15, -0.1) is 6.58 Å². The predicted octanol–water partition coefficient (Wildman–Crippen LogP) is 2.89.